The minimum atomic E-state index is 0.260. The third-order valence-electron chi connectivity index (χ3n) is 4.21. The summed E-state index contributed by atoms with van der Waals surface area (Å²) in [5.41, 5.74) is 8.80. The quantitative estimate of drug-likeness (QED) is 0.911. The average molecular weight is 260 g/mol. The monoisotopic (exact) mass is 260 g/mol. The highest BCUT2D eigenvalue weighted by atomic mass is 32.1. The van der Waals surface area contributed by atoms with Crippen molar-refractivity contribution in [2.24, 2.45) is 5.73 Å². The lowest BCUT2D eigenvalue weighted by molar-refractivity contribution is 0.253. The van der Waals surface area contributed by atoms with Gasteiger partial charge in [0, 0.05) is 17.9 Å². The zero-order valence-electron chi connectivity index (χ0n) is 11.1. The van der Waals surface area contributed by atoms with Gasteiger partial charge in [-0.1, -0.05) is 26.3 Å². The van der Waals surface area contributed by atoms with Crippen LogP contribution in [0.3, 0.4) is 0 Å². The number of fused-ring (bicyclic) bond motifs is 1. The van der Waals surface area contributed by atoms with Gasteiger partial charge in [0.15, 0.2) is 0 Å². The van der Waals surface area contributed by atoms with Crippen LogP contribution in [0.15, 0.2) is 18.2 Å². The smallest absolute Gasteiger partial charge is 0.0963 e. The van der Waals surface area contributed by atoms with Crippen LogP contribution in [-0.4, -0.2) is 11.5 Å². The summed E-state index contributed by atoms with van der Waals surface area (Å²) in [7, 11) is 0. The van der Waals surface area contributed by atoms with Crippen molar-refractivity contribution in [1.29, 1.82) is 0 Å². The molecule has 2 nitrogen and oxygen atoms in total. The maximum absolute atomic E-state index is 5.99. The Morgan fingerprint density at radius 2 is 2.17 bits per heavy atom. The van der Waals surface area contributed by atoms with Crippen LogP contribution in [0.2, 0.25) is 0 Å². The van der Waals surface area contributed by atoms with Crippen LogP contribution >= 0.6 is 11.3 Å². The number of nitrogens with two attached hydrogens (primary N) is 1. The molecular weight excluding hydrogens is 240 g/mol. The van der Waals surface area contributed by atoms with Crippen molar-refractivity contribution < 1.29 is 0 Å². The normalized spacial score (nSPS) is 18.2. The Morgan fingerprint density at radius 1 is 1.39 bits per heavy atom. The molecule has 0 spiro atoms. The topological polar surface area (TPSA) is 38.9 Å². The molecule has 0 atom stereocenters. The summed E-state index contributed by atoms with van der Waals surface area (Å²) in [6.07, 6.45) is 3.80. The number of benzene rings is 1. The van der Waals surface area contributed by atoms with Crippen molar-refractivity contribution in [3.63, 3.8) is 0 Å². The molecular formula is C15H20N2S. The fraction of sp³-hybridized carbons (Fsp3) is 0.533. The van der Waals surface area contributed by atoms with Crippen molar-refractivity contribution in [3.8, 4) is 0 Å². The standard InChI is InChI=1S/C15H20N2S/c1-10(2)14-17-12-5-4-11(8-13(12)18-14)15(9-16)6-3-7-15/h4-5,8,10H,3,6-7,9,16H2,1-2H3. The van der Waals surface area contributed by atoms with E-state index in [1.165, 1.54) is 34.5 Å². The molecule has 0 saturated heterocycles. The lowest BCUT2D eigenvalue weighted by Gasteiger charge is -2.41. The fourth-order valence-corrected chi connectivity index (χ4v) is 3.74. The second-order valence-electron chi connectivity index (χ2n) is 5.73. The first kappa shape index (κ1) is 12.1. The predicted molar refractivity (Wildman–Crippen MR) is 78.3 cm³/mol. The SMILES string of the molecule is CC(C)c1nc2ccc(C3(CN)CCC3)cc2s1. The average Bonchev–Trinajstić information content (AvgIpc) is 2.71. The molecule has 1 aromatic carbocycles. The van der Waals surface area contributed by atoms with Crippen LogP contribution in [0.5, 0.6) is 0 Å². The Hall–Kier alpha value is -0.930. The number of nitrogens with zero attached hydrogens (tertiary/aromatic N) is 1. The maximum Gasteiger partial charge on any atom is 0.0963 e. The Balaban J connectivity index is 2.05. The molecule has 0 amide bonds. The Bertz CT molecular complexity index is 561. The highest BCUT2D eigenvalue weighted by Gasteiger charge is 2.37. The molecule has 3 rings (SSSR count). The number of aromatic nitrogens is 1. The van der Waals surface area contributed by atoms with Crippen molar-refractivity contribution in [1.82, 2.24) is 4.98 Å². The minimum Gasteiger partial charge on any atom is -0.330 e. The van der Waals surface area contributed by atoms with Crippen LogP contribution in [0, 0.1) is 0 Å². The van der Waals surface area contributed by atoms with Gasteiger partial charge in [-0.15, -0.1) is 11.3 Å². The van der Waals surface area contributed by atoms with Crippen molar-refractivity contribution in [2.45, 2.75) is 44.4 Å². The molecule has 2 N–H and O–H groups in total. The van der Waals surface area contributed by atoms with Gasteiger partial charge in [-0.25, -0.2) is 4.98 Å². The summed E-state index contributed by atoms with van der Waals surface area (Å²) in [5.74, 6) is 0.512. The second-order valence-corrected chi connectivity index (χ2v) is 6.79. The van der Waals surface area contributed by atoms with Gasteiger partial charge in [0.1, 0.15) is 0 Å². The van der Waals surface area contributed by atoms with E-state index in [-0.39, 0.29) is 5.41 Å². The van der Waals surface area contributed by atoms with Crippen LogP contribution in [0.25, 0.3) is 10.2 Å². The molecule has 0 radical (unpaired) electrons. The predicted octanol–water partition coefficient (Wildman–Crippen LogP) is 3.80. The van der Waals surface area contributed by atoms with Gasteiger partial charge in [0.2, 0.25) is 0 Å². The van der Waals surface area contributed by atoms with E-state index in [0.29, 0.717) is 5.92 Å². The van der Waals surface area contributed by atoms with E-state index in [0.717, 1.165) is 12.1 Å². The molecule has 1 aliphatic carbocycles. The van der Waals surface area contributed by atoms with Gasteiger partial charge in [-0.05, 0) is 30.5 Å². The Morgan fingerprint density at radius 3 is 2.72 bits per heavy atom. The van der Waals surface area contributed by atoms with E-state index in [9.17, 15) is 0 Å². The van der Waals surface area contributed by atoms with E-state index < -0.39 is 0 Å². The van der Waals surface area contributed by atoms with Crippen molar-refractivity contribution in [3.05, 3.63) is 28.8 Å². The van der Waals surface area contributed by atoms with E-state index >= 15 is 0 Å². The highest BCUT2D eigenvalue weighted by Crippen LogP contribution is 2.44. The molecule has 0 aliphatic heterocycles. The van der Waals surface area contributed by atoms with Gasteiger partial charge in [0.25, 0.3) is 0 Å². The first-order valence-electron chi connectivity index (χ1n) is 6.76. The highest BCUT2D eigenvalue weighted by molar-refractivity contribution is 7.18. The summed E-state index contributed by atoms with van der Waals surface area (Å²) in [6.45, 7) is 5.17. The summed E-state index contributed by atoms with van der Waals surface area (Å²) in [5, 5.41) is 1.23. The molecule has 1 aromatic heterocycles. The number of hydrogen-bond donors (Lipinski definition) is 1. The number of rotatable bonds is 3. The molecule has 1 fully saturated rings. The Kier molecular flexibility index (Phi) is 2.91. The van der Waals surface area contributed by atoms with Crippen LogP contribution in [0.4, 0.5) is 0 Å². The first-order valence-corrected chi connectivity index (χ1v) is 7.57. The zero-order valence-corrected chi connectivity index (χ0v) is 11.9. The van der Waals surface area contributed by atoms with E-state index in [2.05, 4.69) is 32.0 Å². The molecule has 1 aliphatic rings. The fourth-order valence-electron chi connectivity index (χ4n) is 2.73. The summed E-state index contributed by atoms with van der Waals surface area (Å²) in [4.78, 5) is 4.69. The lowest BCUT2D eigenvalue weighted by atomic mass is 9.64. The van der Waals surface area contributed by atoms with Crippen LogP contribution < -0.4 is 5.73 Å². The third-order valence-corrected chi connectivity index (χ3v) is 5.53. The first-order chi connectivity index (χ1) is 8.64. The molecule has 3 heteroatoms. The number of hydrogen-bond acceptors (Lipinski definition) is 3. The zero-order chi connectivity index (χ0) is 12.8. The van der Waals surface area contributed by atoms with Gasteiger partial charge in [-0.3, -0.25) is 0 Å². The van der Waals surface area contributed by atoms with Gasteiger partial charge in [-0.2, -0.15) is 0 Å². The summed E-state index contributed by atoms with van der Waals surface area (Å²) in [6, 6.07) is 6.73. The molecule has 18 heavy (non-hydrogen) atoms. The van der Waals surface area contributed by atoms with Crippen molar-refractivity contribution >= 4 is 21.6 Å². The van der Waals surface area contributed by atoms with Crippen molar-refractivity contribution in [2.75, 3.05) is 6.54 Å². The summed E-state index contributed by atoms with van der Waals surface area (Å²) < 4.78 is 1.32. The molecule has 96 valence electrons. The van der Waals surface area contributed by atoms with E-state index in [4.69, 9.17) is 10.7 Å². The lowest BCUT2D eigenvalue weighted by Crippen LogP contribution is -2.41. The molecule has 2 aromatic rings. The van der Waals surface area contributed by atoms with E-state index in [1.807, 2.05) is 11.3 Å². The molecule has 1 heterocycles. The maximum atomic E-state index is 5.99. The summed E-state index contributed by atoms with van der Waals surface area (Å²) >= 11 is 1.83. The Labute approximate surface area is 112 Å². The van der Waals surface area contributed by atoms with E-state index in [1.54, 1.807) is 0 Å². The second kappa shape index (κ2) is 4.32. The van der Waals surface area contributed by atoms with Crippen LogP contribution in [0.1, 0.15) is 49.6 Å². The van der Waals surface area contributed by atoms with Gasteiger partial charge < -0.3 is 5.73 Å². The number of thiazole rings is 1. The van der Waals surface area contributed by atoms with Gasteiger partial charge >= 0.3 is 0 Å². The largest absolute Gasteiger partial charge is 0.330 e. The minimum absolute atomic E-state index is 0.260. The van der Waals surface area contributed by atoms with Crippen LogP contribution in [-0.2, 0) is 5.41 Å². The molecule has 1 saturated carbocycles. The third kappa shape index (κ3) is 1.77. The molecule has 0 unspecified atom stereocenters. The molecule has 0 bridgehead atoms. The van der Waals surface area contributed by atoms with Gasteiger partial charge in [0.05, 0.1) is 15.2 Å².